The zero-order valence-corrected chi connectivity index (χ0v) is 23.0. The zero-order chi connectivity index (χ0) is 24.9. The van der Waals surface area contributed by atoms with E-state index in [1.54, 1.807) is 0 Å². The van der Waals surface area contributed by atoms with Crippen LogP contribution in [0.25, 0.3) is 0 Å². The summed E-state index contributed by atoms with van der Waals surface area (Å²) in [5.41, 5.74) is 4.63. The number of alkyl halides is 2. The summed E-state index contributed by atoms with van der Waals surface area (Å²) >= 11 is 0. The first-order valence-corrected chi connectivity index (χ1v) is 16.7. The third-order valence-electron chi connectivity index (χ3n) is 7.10. The van der Waals surface area contributed by atoms with Gasteiger partial charge >= 0.3 is 11.6 Å². The summed E-state index contributed by atoms with van der Waals surface area (Å²) in [5.74, 6) is -3.52. The van der Waals surface area contributed by atoms with E-state index in [1.165, 1.54) is 12.3 Å². The molecule has 7 nitrogen and oxygen atoms in total. The van der Waals surface area contributed by atoms with Crippen molar-refractivity contribution in [1.82, 2.24) is 9.55 Å². The minimum absolute atomic E-state index is 0.0422. The van der Waals surface area contributed by atoms with Crippen molar-refractivity contribution in [3.05, 3.63) is 22.7 Å². The van der Waals surface area contributed by atoms with Crippen molar-refractivity contribution in [2.24, 2.45) is 0 Å². The molecule has 0 bridgehead atoms. The molecule has 1 aromatic heterocycles. The van der Waals surface area contributed by atoms with Gasteiger partial charge in [-0.2, -0.15) is 13.8 Å². The number of hydrogen-bond acceptors (Lipinski definition) is 6. The number of rotatable bonds is 6. The molecule has 3 atom stereocenters. The summed E-state index contributed by atoms with van der Waals surface area (Å²) in [4.78, 5) is 15.9. The molecule has 184 valence electrons. The van der Waals surface area contributed by atoms with Gasteiger partial charge in [-0.05, 0) is 42.3 Å². The molecule has 0 amide bonds. The highest BCUT2D eigenvalue weighted by molar-refractivity contribution is 6.74. The predicted molar refractivity (Wildman–Crippen MR) is 127 cm³/mol. The van der Waals surface area contributed by atoms with Crippen molar-refractivity contribution >= 4 is 22.5 Å². The molecule has 1 saturated heterocycles. The predicted octanol–water partition coefficient (Wildman–Crippen LogP) is 4.77. The second kappa shape index (κ2) is 8.57. The highest BCUT2D eigenvalue weighted by Gasteiger charge is 2.63. The van der Waals surface area contributed by atoms with E-state index < -0.39 is 46.7 Å². The summed E-state index contributed by atoms with van der Waals surface area (Å²) in [5, 5.41) is -0.382. The third kappa shape index (κ3) is 5.32. The number of aromatic nitrogens is 2. The maximum absolute atomic E-state index is 15.8. The fraction of sp³-hybridized carbons (Fsp3) is 0.810. The van der Waals surface area contributed by atoms with E-state index in [-0.39, 0.29) is 22.5 Å². The Morgan fingerprint density at radius 3 is 2.12 bits per heavy atom. The average Bonchev–Trinajstić information content (AvgIpc) is 2.82. The van der Waals surface area contributed by atoms with E-state index in [0.29, 0.717) is 0 Å². The molecule has 2 N–H and O–H groups in total. The molecule has 0 saturated carbocycles. The summed E-state index contributed by atoms with van der Waals surface area (Å²) < 4.78 is 50.5. The quantitative estimate of drug-likeness (QED) is 0.577. The Balaban J connectivity index is 2.45. The molecule has 0 unspecified atom stereocenters. The van der Waals surface area contributed by atoms with Gasteiger partial charge in [-0.1, -0.05) is 41.5 Å². The molecule has 32 heavy (non-hydrogen) atoms. The van der Waals surface area contributed by atoms with Crippen molar-refractivity contribution in [3.8, 4) is 0 Å². The van der Waals surface area contributed by atoms with E-state index in [0.717, 1.165) is 4.57 Å². The number of hydrogen-bond donors (Lipinski definition) is 1. The minimum atomic E-state index is -3.47. The molecule has 1 aliphatic rings. The number of nitrogen functional groups attached to an aromatic ring is 1. The number of ether oxygens (including phenoxy) is 1. The molecule has 0 spiro atoms. The molecule has 1 aliphatic heterocycles. The van der Waals surface area contributed by atoms with Crippen LogP contribution in [0.4, 0.5) is 14.6 Å². The van der Waals surface area contributed by atoms with Gasteiger partial charge in [0.1, 0.15) is 18.0 Å². The lowest BCUT2D eigenvalue weighted by Gasteiger charge is -2.41. The van der Waals surface area contributed by atoms with Crippen molar-refractivity contribution in [2.75, 3.05) is 12.3 Å². The van der Waals surface area contributed by atoms with E-state index in [9.17, 15) is 4.79 Å². The monoisotopic (exact) mass is 491 g/mol. The SMILES string of the molecule is CC(C)(C)[Si](C)(C)OC[C@H]1O[C@@H](n2ccc(N)nc2=O)C(F)(F)[C@H]1O[Si](C)(C)C(C)(C)C. The van der Waals surface area contributed by atoms with Gasteiger partial charge in [0.15, 0.2) is 16.6 Å². The Morgan fingerprint density at radius 2 is 1.66 bits per heavy atom. The van der Waals surface area contributed by atoms with Crippen LogP contribution < -0.4 is 11.4 Å². The van der Waals surface area contributed by atoms with Gasteiger partial charge in [0.25, 0.3) is 0 Å². The lowest BCUT2D eigenvalue weighted by atomic mass is 10.1. The van der Waals surface area contributed by atoms with Gasteiger partial charge in [0.2, 0.25) is 6.23 Å². The molecule has 0 aliphatic carbocycles. The smallest absolute Gasteiger partial charge is 0.351 e. The normalized spacial score (nSPS) is 24.7. The van der Waals surface area contributed by atoms with Gasteiger partial charge in [-0.25, -0.2) is 4.79 Å². The zero-order valence-electron chi connectivity index (χ0n) is 21.0. The van der Waals surface area contributed by atoms with E-state index >= 15 is 8.78 Å². The highest BCUT2D eigenvalue weighted by atomic mass is 28.4. The van der Waals surface area contributed by atoms with Gasteiger partial charge in [-0.15, -0.1) is 0 Å². The maximum atomic E-state index is 15.8. The first kappa shape index (κ1) is 27.1. The summed E-state index contributed by atoms with van der Waals surface area (Å²) in [6.45, 7) is 20.1. The van der Waals surface area contributed by atoms with Crippen LogP contribution in [0.1, 0.15) is 47.8 Å². The minimum Gasteiger partial charge on any atom is -0.414 e. The van der Waals surface area contributed by atoms with Crippen molar-refractivity contribution < 1.29 is 22.4 Å². The van der Waals surface area contributed by atoms with Gasteiger partial charge < -0.3 is 19.3 Å². The standard InChI is InChI=1S/C21H39F2N3O4Si2/c1-19(2,3)31(7,8)28-13-14-16(30-32(9,10)20(4,5)6)21(22,23)17(29-14)26-12-11-15(24)25-18(26)27/h11-12,14,16-17H,13H2,1-10H3,(H2,24,25,27)/t14-,16+,17-/m1/s1. The van der Waals surface area contributed by atoms with Crippen molar-refractivity contribution in [3.63, 3.8) is 0 Å². The van der Waals surface area contributed by atoms with Crippen LogP contribution in [0.2, 0.25) is 36.3 Å². The van der Waals surface area contributed by atoms with Gasteiger partial charge in [-0.3, -0.25) is 4.57 Å². The molecule has 2 heterocycles. The lowest BCUT2D eigenvalue weighted by molar-refractivity contribution is -0.138. The molecular weight excluding hydrogens is 452 g/mol. The largest absolute Gasteiger partial charge is 0.414 e. The van der Waals surface area contributed by atoms with Crippen molar-refractivity contribution in [2.45, 2.75) is 102 Å². The lowest BCUT2D eigenvalue weighted by Crippen LogP contribution is -2.53. The highest BCUT2D eigenvalue weighted by Crippen LogP contribution is 2.48. The summed E-state index contributed by atoms with van der Waals surface area (Å²) in [6, 6.07) is 1.30. The Hall–Kier alpha value is -1.15. The van der Waals surface area contributed by atoms with Gasteiger partial charge in [0.05, 0.1) is 6.61 Å². The summed E-state index contributed by atoms with van der Waals surface area (Å²) in [7, 11) is -4.82. The fourth-order valence-corrected chi connectivity index (χ4v) is 5.16. The molecule has 1 aromatic rings. The Morgan fingerprint density at radius 1 is 1.12 bits per heavy atom. The molecule has 11 heteroatoms. The first-order valence-electron chi connectivity index (χ1n) is 10.9. The van der Waals surface area contributed by atoms with E-state index in [1.807, 2.05) is 33.9 Å². The van der Waals surface area contributed by atoms with E-state index in [4.69, 9.17) is 19.3 Å². The Labute approximate surface area is 191 Å². The molecule has 0 aromatic carbocycles. The number of nitrogens with two attached hydrogens (primary N) is 1. The number of anilines is 1. The van der Waals surface area contributed by atoms with Crippen molar-refractivity contribution in [1.29, 1.82) is 0 Å². The number of halogens is 2. The van der Waals surface area contributed by atoms with Crippen LogP contribution in [0.15, 0.2) is 17.1 Å². The van der Waals surface area contributed by atoms with Crippen LogP contribution in [-0.2, 0) is 13.6 Å². The second-order valence-electron chi connectivity index (χ2n) is 11.6. The molecule has 2 rings (SSSR count). The van der Waals surface area contributed by atoms with Crippen LogP contribution in [0, 0.1) is 0 Å². The van der Waals surface area contributed by atoms with E-state index in [2.05, 4.69) is 38.8 Å². The first-order chi connectivity index (χ1) is 14.2. The molecule has 0 radical (unpaired) electrons. The van der Waals surface area contributed by atoms with Crippen LogP contribution >= 0.6 is 0 Å². The van der Waals surface area contributed by atoms with Crippen LogP contribution in [-0.4, -0.2) is 50.9 Å². The molecular formula is C21H39F2N3O4Si2. The Bertz CT molecular complexity index is 879. The summed E-state index contributed by atoms with van der Waals surface area (Å²) in [6.07, 6.45) is -3.26. The molecule has 1 fully saturated rings. The maximum Gasteiger partial charge on any atom is 0.351 e. The average molecular weight is 492 g/mol. The Kier molecular flexibility index (Phi) is 7.26. The topological polar surface area (TPSA) is 88.6 Å². The van der Waals surface area contributed by atoms with Gasteiger partial charge in [0, 0.05) is 6.20 Å². The number of nitrogens with zero attached hydrogens (tertiary/aromatic N) is 2. The third-order valence-corrected chi connectivity index (χ3v) is 16.1. The second-order valence-corrected chi connectivity index (χ2v) is 21.2. The fourth-order valence-electron chi connectivity index (χ4n) is 2.85. The van der Waals surface area contributed by atoms with Crippen LogP contribution in [0.5, 0.6) is 0 Å². The van der Waals surface area contributed by atoms with Crippen LogP contribution in [0.3, 0.4) is 0 Å².